The number of likely N-dealkylation sites (tertiary alicyclic amines) is 1. The first kappa shape index (κ1) is 19.9. The number of imidazole rings is 1. The summed E-state index contributed by atoms with van der Waals surface area (Å²) in [6.45, 7) is 5.98. The molecule has 2 N–H and O–H groups in total. The van der Waals surface area contributed by atoms with Crippen LogP contribution < -0.4 is 10.6 Å². The molecule has 1 spiro atoms. The Labute approximate surface area is 174 Å². The van der Waals surface area contributed by atoms with Gasteiger partial charge in [-0.3, -0.25) is 4.79 Å². The van der Waals surface area contributed by atoms with Crippen LogP contribution in [0.1, 0.15) is 37.4 Å². The van der Waals surface area contributed by atoms with E-state index in [-0.39, 0.29) is 18.0 Å². The van der Waals surface area contributed by atoms with Crippen LogP contribution >= 0.6 is 11.3 Å². The van der Waals surface area contributed by atoms with Gasteiger partial charge >= 0.3 is 6.03 Å². The number of amides is 3. The fourth-order valence-corrected chi connectivity index (χ4v) is 4.63. The molecule has 0 saturated carbocycles. The summed E-state index contributed by atoms with van der Waals surface area (Å²) < 4.78 is 8.41. The van der Waals surface area contributed by atoms with Gasteiger partial charge in [0.15, 0.2) is 6.10 Å². The van der Waals surface area contributed by atoms with Crippen LogP contribution in [0, 0.1) is 0 Å². The number of aromatic nitrogens is 2. The Hall–Kier alpha value is -2.39. The number of piperidine rings is 1. The van der Waals surface area contributed by atoms with Crippen molar-refractivity contribution in [2.45, 2.75) is 57.5 Å². The number of hydrogen-bond acceptors (Lipinski definition) is 5. The molecule has 3 amide bonds. The Kier molecular flexibility index (Phi) is 5.60. The monoisotopic (exact) mass is 417 g/mol. The van der Waals surface area contributed by atoms with Crippen LogP contribution in [0.5, 0.6) is 0 Å². The minimum absolute atomic E-state index is 0.0563. The molecule has 0 aliphatic carbocycles. The second kappa shape index (κ2) is 8.16. The number of nitrogens with zero attached hydrogens (tertiary/aromatic N) is 3. The van der Waals surface area contributed by atoms with Crippen LogP contribution in [0.25, 0.3) is 0 Å². The molecule has 2 aromatic heterocycles. The largest absolute Gasteiger partial charge is 0.352 e. The highest BCUT2D eigenvalue weighted by atomic mass is 32.1. The number of rotatable bonds is 4. The van der Waals surface area contributed by atoms with Crippen molar-refractivity contribution >= 4 is 23.3 Å². The summed E-state index contributed by atoms with van der Waals surface area (Å²) in [7, 11) is 0. The minimum atomic E-state index is -0.638. The lowest BCUT2D eigenvalue weighted by Gasteiger charge is -2.45. The Balaban J connectivity index is 1.44. The molecule has 2 aromatic rings. The molecule has 0 bridgehead atoms. The second-order valence-electron chi connectivity index (χ2n) is 7.89. The highest BCUT2D eigenvalue weighted by Crippen LogP contribution is 2.40. The normalized spacial score (nSPS) is 20.5. The first-order valence-electron chi connectivity index (χ1n) is 10.0. The highest BCUT2D eigenvalue weighted by Gasteiger charge is 2.47. The van der Waals surface area contributed by atoms with Gasteiger partial charge in [0, 0.05) is 49.2 Å². The summed E-state index contributed by atoms with van der Waals surface area (Å²) in [5.41, 5.74) is -0.638. The Morgan fingerprint density at radius 1 is 1.38 bits per heavy atom. The molecule has 4 heterocycles. The number of hydrogen-bond donors (Lipinski definition) is 2. The molecular formula is C20H27N5O3S. The van der Waals surface area contributed by atoms with Gasteiger partial charge < -0.3 is 24.8 Å². The maximum Gasteiger partial charge on any atom is 0.317 e. The van der Waals surface area contributed by atoms with Gasteiger partial charge in [0.1, 0.15) is 11.4 Å². The van der Waals surface area contributed by atoms with Crippen LogP contribution in [0.4, 0.5) is 4.79 Å². The second-order valence-corrected chi connectivity index (χ2v) is 8.92. The fraction of sp³-hybridized carbons (Fsp3) is 0.550. The van der Waals surface area contributed by atoms with Crippen molar-refractivity contribution in [2.24, 2.45) is 0 Å². The molecule has 8 nitrogen and oxygen atoms in total. The van der Waals surface area contributed by atoms with Gasteiger partial charge in [0.2, 0.25) is 0 Å². The Bertz CT molecular complexity index is 855. The van der Waals surface area contributed by atoms with Crippen molar-refractivity contribution in [1.82, 2.24) is 25.1 Å². The molecule has 1 fully saturated rings. The van der Waals surface area contributed by atoms with Crippen molar-refractivity contribution in [3.05, 3.63) is 40.6 Å². The summed E-state index contributed by atoms with van der Waals surface area (Å²) in [5, 5.41) is 7.92. The number of nitrogens with one attached hydrogen (secondary N) is 2. The zero-order valence-electron chi connectivity index (χ0n) is 16.8. The fourth-order valence-electron chi connectivity index (χ4n) is 3.99. The van der Waals surface area contributed by atoms with E-state index in [2.05, 4.69) is 15.6 Å². The zero-order valence-corrected chi connectivity index (χ0v) is 17.6. The van der Waals surface area contributed by atoms with Crippen molar-refractivity contribution in [2.75, 3.05) is 13.1 Å². The Morgan fingerprint density at radius 2 is 2.17 bits per heavy atom. The first-order valence-corrected chi connectivity index (χ1v) is 10.9. The van der Waals surface area contributed by atoms with Gasteiger partial charge in [-0.1, -0.05) is 6.07 Å². The average molecular weight is 418 g/mol. The van der Waals surface area contributed by atoms with Crippen molar-refractivity contribution < 1.29 is 14.3 Å². The van der Waals surface area contributed by atoms with E-state index in [4.69, 9.17) is 4.74 Å². The highest BCUT2D eigenvalue weighted by molar-refractivity contribution is 7.09. The van der Waals surface area contributed by atoms with E-state index in [1.807, 2.05) is 47.0 Å². The summed E-state index contributed by atoms with van der Waals surface area (Å²) in [4.78, 5) is 32.6. The molecule has 0 radical (unpaired) electrons. The average Bonchev–Trinajstić information content (AvgIpc) is 3.38. The van der Waals surface area contributed by atoms with Gasteiger partial charge in [-0.25, -0.2) is 9.78 Å². The molecule has 156 valence electrons. The lowest BCUT2D eigenvalue weighted by molar-refractivity contribution is -0.171. The molecule has 0 aromatic carbocycles. The standard InChI is InChI=1S/C20H27N5O3S/c1-14(2)23-19(27)24-8-5-20(6-9-24)18-21-7-10-25(18)13-16(28-20)17(26)22-12-15-4-3-11-29-15/h3-4,7,10-11,14,16H,5-6,8-9,12-13H2,1-2H3,(H,22,26)(H,23,27). The third kappa shape index (κ3) is 4.16. The molecule has 1 atom stereocenters. The minimum Gasteiger partial charge on any atom is -0.352 e. The predicted molar refractivity (Wildman–Crippen MR) is 109 cm³/mol. The maximum absolute atomic E-state index is 12.8. The maximum atomic E-state index is 12.8. The van der Waals surface area contributed by atoms with Crippen molar-refractivity contribution in [3.8, 4) is 0 Å². The van der Waals surface area contributed by atoms with E-state index in [1.165, 1.54) is 0 Å². The summed E-state index contributed by atoms with van der Waals surface area (Å²) >= 11 is 1.62. The summed E-state index contributed by atoms with van der Waals surface area (Å²) in [6.07, 6.45) is 4.31. The molecule has 2 aliphatic rings. The number of carbonyl (C=O) groups excluding carboxylic acids is 2. The van der Waals surface area contributed by atoms with Crippen LogP contribution in [-0.4, -0.2) is 51.6 Å². The first-order chi connectivity index (χ1) is 14.0. The molecule has 9 heteroatoms. The van der Waals surface area contributed by atoms with Gasteiger partial charge in [0.05, 0.1) is 13.1 Å². The van der Waals surface area contributed by atoms with E-state index >= 15 is 0 Å². The van der Waals surface area contributed by atoms with E-state index in [0.717, 1.165) is 10.7 Å². The topological polar surface area (TPSA) is 88.5 Å². The Morgan fingerprint density at radius 3 is 2.86 bits per heavy atom. The van der Waals surface area contributed by atoms with Gasteiger partial charge in [-0.2, -0.15) is 0 Å². The summed E-state index contributed by atoms with van der Waals surface area (Å²) in [5.74, 6) is 0.737. The van der Waals surface area contributed by atoms with Crippen LogP contribution in [-0.2, 0) is 28.2 Å². The van der Waals surface area contributed by atoms with Crippen LogP contribution in [0.3, 0.4) is 0 Å². The van der Waals surface area contributed by atoms with E-state index in [9.17, 15) is 9.59 Å². The van der Waals surface area contributed by atoms with E-state index < -0.39 is 11.7 Å². The number of thiophene rings is 1. The SMILES string of the molecule is CC(C)NC(=O)N1CCC2(CC1)OC(C(=O)NCc1cccs1)Cn1ccnc12. The number of ether oxygens (including phenoxy) is 1. The molecule has 4 rings (SSSR count). The van der Waals surface area contributed by atoms with Gasteiger partial charge in [-0.15, -0.1) is 11.3 Å². The molecule has 2 aliphatic heterocycles. The molecular weight excluding hydrogens is 390 g/mol. The number of fused-ring (bicyclic) bond motifs is 2. The van der Waals surface area contributed by atoms with E-state index in [1.54, 1.807) is 17.5 Å². The zero-order chi connectivity index (χ0) is 20.4. The molecule has 1 saturated heterocycles. The lowest BCUT2D eigenvalue weighted by Crippen LogP contribution is -2.56. The number of carbonyl (C=O) groups is 2. The van der Waals surface area contributed by atoms with Crippen molar-refractivity contribution in [1.29, 1.82) is 0 Å². The summed E-state index contributed by atoms with van der Waals surface area (Å²) in [6, 6.07) is 4.01. The third-order valence-corrected chi connectivity index (χ3v) is 6.31. The quantitative estimate of drug-likeness (QED) is 0.797. The molecule has 29 heavy (non-hydrogen) atoms. The lowest BCUT2D eigenvalue weighted by atomic mass is 9.88. The van der Waals surface area contributed by atoms with E-state index in [0.29, 0.717) is 39.0 Å². The molecule has 1 unspecified atom stereocenters. The van der Waals surface area contributed by atoms with Crippen LogP contribution in [0.2, 0.25) is 0 Å². The van der Waals surface area contributed by atoms with Crippen LogP contribution in [0.15, 0.2) is 29.9 Å². The van der Waals surface area contributed by atoms with Gasteiger partial charge in [-0.05, 0) is 25.3 Å². The number of urea groups is 1. The predicted octanol–water partition coefficient (Wildman–Crippen LogP) is 2.07. The smallest absolute Gasteiger partial charge is 0.317 e. The third-order valence-electron chi connectivity index (χ3n) is 5.43. The van der Waals surface area contributed by atoms with Crippen molar-refractivity contribution in [3.63, 3.8) is 0 Å². The van der Waals surface area contributed by atoms with Gasteiger partial charge in [0.25, 0.3) is 5.91 Å².